The molecule has 120 valence electrons. The minimum atomic E-state index is -0.969. The molecule has 1 amide bonds. The van der Waals surface area contributed by atoms with Gasteiger partial charge in [-0.05, 0) is 31.0 Å². The average molecular weight is 315 g/mol. The Morgan fingerprint density at radius 1 is 1.39 bits per heavy atom. The number of ether oxygens (including phenoxy) is 1. The fraction of sp³-hybridized carbons (Fsp3) is 0.312. The first-order valence-electron chi connectivity index (χ1n) is 7.34. The van der Waals surface area contributed by atoms with Crippen molar-refractivity contribution in [3.63, 3.8) is 0 Å². The van der Waals surface area contributed by atoms with E-state index in [2.05, 4.69) is 10.2 Å². The van der Waals surface area contributed by atoms with Gasteiger partial charge < -0.3 is 14.7 Å². The third kappa shape index (κ3) is 2.90. The van der Waals surface area contributed by atoms with Crippen molar-refractivity contribution in [3.8, 4) is 17.0 Å². The molecule has 1 aromatic heterocycles. The van der Waals surface area contributed by atoms with Crippen LogP contribution in [0.15, 0.2) is 30.3 Å². The van der Waals surface area contributed by atoms with Crippen LogP contribution in [-0.2, 0) is 4.79 Å². The largest absolute Gasteiger partial charge is 0.497 e. The van der Waals surface area contributed by atoms with Crippen molar-refractivity contribution in [1.82, 2.24) is 15.1 Å². The number of hydrogen-bond donors (Lipinski definition) is 2. The Bertz CT molecular complexity index is 740. The highest BCUT2D eigenvalue weighted by atomic mass is 16.5. The van der Waals surface area contributed by atoms with Crippen LogP contribution in [-0.4, -0.2) is 51.8 Å². The molecule has 3 rings (SSSR count). The Morgan fingerprint density at radius 3 is 2.96 bits per heavy atom. The second-order valence-electron chi connectivity index (χ2n) is 5.39. The first-order valence-corrected chi connectivity index (χ1v) is 7.34. The van der Waals surface area contributed by atoms with E-state index >= 15 is 0 Å². The minimum absolute atomic E-state index is 0.288. The first kappa shape index (κ1) is 15.1. The van der Waals surface area contributed by atoms with Gasteiger partial charge in [0.05, 0.1) is 12.8 Å². The highest BCUT2D eigenvalue weighted by molar-refractivity contribution is 5.96. The maximum absolute atomic E-state index is 12.5. The molecule has 1 saturated heterocycles. The molecule has 1 fully saturated rings. The van der Waals surface area contributed by atoms with Gasteiger partial charge in [-0.15, -0.1) is 0 Å². The number of nitrogens with one attached hydrogen (secondary N) is 1. The van der Waals surface area contributed by atoms with E-state index in [4.69, 9.17) is 4.74 Å². The molecule has 1 aliphatic rings. The van der Waals surface area contributed by atoms with E-state index in [1.807, 2.05) is 24.3 Å². The van der Waals surface area contributed by atoms with Gasteiger partial charge in [-0.3, -0.25) is 9.89 Å². The number of aromatic nitrogens is 2. The zero-order valence-electron chi connectivity index (χ0n) is 12.7. The van der Waals surface area contributed by atoms with Gasteiger partial charge in [-0.2, -0.15) is 5.10 Å². The third-order valence-corrected chi connectivity index (χ3v) is 3.97. The lowest BCUT2D eigenvalue weighted by Crippen LogP contribution is -2.40. The number of aromatic amines is 1. The zero-order valence-corrected chi connectivity index (χ0v) is 12.7. The number of amides is 1. The molecule has 0 spiro atoms. The second-order valence-corrected chi connectivity index (χ2v) is 5.39. The number of nitrogens with zero attached hydrogens (tertiary/aromatic N) is 2. The summed E-state index contributed by atoms with van der Waals surface area (Å²) >= 11 is 0. The highest BCUT2D eigenvalue weighted by Gasteiger charge is 2.35. The molecule has 7 nitrogen and oxygen atoms in total. The van der Waals surface area contributed by atoms with Gasteiger partial charge in [0.2, 0.25) is 0 Å². The molecular formula is C16H17N3O4. The lowest BCUT2D eigenvalue weighted by molar-refractivity contribution is -0.141. The SMILES string of the molecule is COc1cccc(-c2cc(C(=O)N3CCCC3C(=O)O)[nH]n2)c1. The number of carbonyl (C=O) groups is 2. The summed E-state index contributed by atoms with van der Waals surface area (Å²) in [5.74, 6) is -0.608. The topological polar surface area (TPSA) is 95.5 Å². The zero-order chi connectivity index (χ0) is 16.4. The number of benzene rings is 1. The highest BCUT2D eigenvalue weighted by Crippen LogP contribution is 2.24. The summed E-state index contributed by atoms with van der Waals surface area (Å²) in [5.41, 5.74) is 1.71. The molecule has 7 heteroatoms. The molecule has 1 unspecified atom stereocenters. The number of carbonyl (C=O) groups excluding carboxylic acids is 1. The summed E-state index contributed by atoms with van der Waals surface area (Å²) in [6.45, 7) is 0.448. The molecular weight excluding hydrogens is 298 g/mol. The average Bonchev–Trinajstić information content (AvgIpc) is 3.23. The van der Waals surface area contributed by atoms with Crippen LogP contribution in [0.1, 0.15) is 23.3 Å². The van der Waals surface area contributed by atoms with E-state index in [1.165, 1.54) is 4.90 Å². The van der Waals surface area contributed by atoms with Crippen LogP contribution in [0.4, 0.5) is 0 Å². The molecule has 1 atom stereocenters. The summed E-state index contributed by atoms with van der Waals surface area (Å²) in [4.78, 5) is 25.1. The number of rotatable bonds is 4. The van der Waals surface area contributed by atoms with Crippen molar-refractivity contribution < 1.29 is 19.4 Å². The molecule has 0 aliphatic carbocycles. The van der Waals surface area contributed by atoms with Gasteiger partial charge in [-0.1, -0.05) is 12.1 Å². The summed E-state index contributed by atoms with van der Waals surface area (Å²) in [5, 5.41) is 16.0. The molecule has 2 aromatic rings. The van der Waals surface area contributed by atoms with E-state index in [0.29, 0.717) is 30.8 Å². The Kier molecular flexibility index (Phi) is 4.01. The number of aliphatic carboxylic acids is 1. The summed E-state index contributed by atoms with van der Waals surface area (Å²) in [6.07, 6.45) is 1.18. The smallest absolute Gasteiger partial charge is 0.326 e. The molecule has 0 saturated carbocycles. The number of methoxy groups -OCH3 is 1. The molecule has 1 aromatic carbocycles. The maximum Gasteiger partial charge on any atom is 0.326 e. The molecule has 23 heavy (non-hydrogen) atoms. The number of likely N-dealkylation sites (tertiary alicyclic amines) is 1. The Hall–Kier alpha value is -2.83. The second kappa shape index (κ2) is 6.12. The fourth-order valence-corrected chi connectivity index (χ4v) is 2.78. The quantitative estimate of drug-likeness (QED) is 0.896. The van der Waals surface area contributed by atoms with Gasteiger partial charge in [0.25, 0.3) is 5.91 Å². The van der Waals surface area contributed by atoms with E-state index < -0.39 is 12.0 Å². The van der Waals surface area contributed by atoms with Crippen LogP contribution in [0.2, 0.25) is 0 Å². The van der Waals surface area contributed by atoms with Crippen molar-refractivity contribution in [2.24, 2.45) is 0 Å². The van der Waals surface area contributed by atoms with Gasteiger partial charge in [0.15, 0.2) is 0 Å². The monoisotopic (exact) mass is 315 g/mol. The number of H-pyrrole nitrogens is 1. The lowest BCUT2D eigenvalue weighted by Gasteiger charge is -2.20. The van der Waals surface area contributed by atoms with E-state index in [9.17, 15) is 14.7 Å². The van der Waals surface area contributed by atoms with E-state index in [0.717, 1.165) is 5.56 Å². The van der Waals surface area contributed by atoms with Crippen LogP contribution in [0.25, 0.3) is 11.3 Å². The van der Waals surface area contributed by atoms with E-state index in [1.54, 1.807) is 13.2 Å². The molecule has 1 aliphatic heterocycles. The number of hydrogen-bond acceptors (Lipinski definition) is 4. The van der Waals surface area contributed by atoms with Gasteiger partial charge >= 0.3 is 5.97 Å². The van der Waals surface area contributed by atoms with Crippen molar-refractivity contribution in [2.45, 2.75) is 18.9 Å². The number of carboxylic acids is 1. The lowest BCUT2D eigenvalue weighted by atomic mass is 10.1. The molecule has 2 N–H and O–H groups in total. The predicted octanol–water partition coefficient (Wildman–Crippen LogP) is 1.77. The van der Waals surface area contributed by atoms with Crippen molar-refractivity contribution >= 4 is 11.9 Å². The van der Waals surface area contributed by atoms with Crippen LogP contribution < -0.4 is 4.74 Å². The Labute approximate surface area is 132 Å². The van der Waals surface area contributed by atoms with E-state index in [-0.39, 0.29) is 11.6 Å². The molecule has 0 bridgehead atoms. The summed E-state index contributed by atoms with van der Waals surface area (Å²) in [7, 11) is 1.58. The third-order valence-electron chi connectivity index (χ3n) is 3.97. The molecule has 0 radical (unpaired) electrons. The maximum atomic E-state index is 12.5. The van der Waals surface area contributed by atoms with Crippen LogP contribution in [0, 0.1) is 0 Å². The summed E-state index contributed by atoms with van der Waals surface area (Å²) < 4.78 is 5.17. The predicted molar refractivity (Wildman–Crippen MR) is 82.3 cm³/mol. The van der Waals surface area contributed by atoms with Crippen molar-refractivity contribution in [3.05, 3.63) is 36.0 Å². The standard InChI is InChI=1S/C16H17N3O4/c1-23-11-5-2-4-10(8-11)12-9-13(18-17-12)15(20)19-7-3-6-14(19)16(21)22/h2,4-5,8-9,14H,3,6-7H2,1H3,(H,17,18)(H,21,22). The van der Waals surface area contributed by atoms with Gasteiger partial charge in [-0.25, -0.2) is 4.79 Å². The van der Waals surface area contributed by atoms with Crippen LogP contribution in [0.3, 0.4) is 0 Å². The van der Waals surface area contributed by atoms with Crippen molar-refractivity contribution in [1.29, 1.82) is 0 Å². The minimum Gasteiger partial charge on any atom is -0.497 e. The summed E-state index contributed by atoms with van der Waals surface area (Å²) in [6, 6.07) is 8.22. The first-order chi connectivity index (χ1) is 11.1. The van der Waals surface area contributed by atoms with Crippen LogP contribution in [0.5, 0.6) is 5.75 Å². The fourth-order valence-electron chi connectivity index (χ4n) is 2.78. The molecule has 2 heterocycles. The Balaban J connectivity index is 1.84. The Morgan fingerprint density at radius 2 is 2.22 bits per heavy atom. The van der Waals surface area contributed by atoms with Gasteiger partial charge in [0.1, 0.15) is 17.5 Å². The van der Waals surface area contributed by atoms with Gasteiger partial charge in [0, 0.05) is 12.1 Å². The normalized spacial score (nSPS) is 17.3. The van der Waals surface area contributed by atoms with Crippen molar-refractivity contribution in [2.75, 3.05) is 13.7 Å². The number of carboxylic acid groups (broad SMARTS) is 1. The van der Waals surface area contributed by atoms with Crippen LogP contribution >= 0.6 is 0 Å².